The van der Waals surface area contributed by atoms with Crippen LogP contribution < -0.4 is 5.32 Å². The molecule has 0 aliphatic heterocycles. The number of nitrogens with one attached hydrogen (secondary N) is 1. The molecule has 5 nitrogen and oxygen atoms in total. The smallest absolute Gasteiger partial charge is 0.214 e. The number of rotatable bonds is 5. The standard InChI is InChI=1S/C10H13N5S/c1-11-7-8-16-10-12-13-14-15(10)9-5-3-2-4-6-9/h2-6,11H,7-8H2,1H3. The summed E-state index contributed by atoms with van der Waals surface area (Å²) in [6, 6.07) is 9.89. The van der Waals surface area contributed by atoms with Crippen LogP contribution in [-0.2, 0) is 0 Å². The molecule has 0 bridgehead atoms. The molecular formula is C10H13N5S. The predicted octanol–water partition coefficient (Wildman–Crippen LogP) is 0.974. The van der Waals surface area contributed by atoms with Crippen LogP contribution in [-0.4, -0.2) is 39.6 Å². The van der Waals surface area contributed by atoms with Gasteiger partial charge >= 0.3 is 0 Å². The molecule has 0 radical (unpaired) electrons. The first kappa shape index (κ1) is 11.1. The van der Waals surface area contributed by atoms with Crippen molar-refractivity contribution < 1.29 is 0 Å². The largest absolute Gasteiger partial charge is 0.319 e. The van der Waals surface area contributed by atoms with E-state index in [2.05, 4.69) is 20.8 Å². The van der Waals surface area contributed by atoms with Crippen LogP contribution in [0.2, 0.25) is 0 Å². The maximum atomic E-state index is 4.00. The maximum Gasteiger partial charge on any atom is 0.214 e. The number of hydrogen-bond acceptors (Lipinski definition) is 5. The third kappa shape index (κ3) is 2.59. The van der Waals surface area contributed by atoms with E-state index in [4.69, 9.17) is 0 Å². The average Bonchev–Trinajstić information content (AvgIpc) is 2.79. The second kappa shape index (κ2) is 5.62. The van der Waals surface area contributed by atoms with Crippen LogP contribution in [0.15, 0.2) is 35.5 Å². The van der Waals surface area contributed by atoms with Crippen LogP contribution in [0.25, 0.3) is 5.69 Å². The van der Waals surface area contributed by atoms with Crippen LogP contribution in [0.3, 0.4) is 0 Å². The molecule has 0 aliphatic rings. The Labute approximate surface area is 98.2 Å². The van der Waals surface area contributed by atoms with Gasteiger partial charge in [-0.05, 0) is 29.6 Å². The molecule has 0 atom stereocenters. The lowest BCUT2D eigenvalue weighted by Crippen LogP contribution is -2.10. The molecule has 0 saturated heterocycles. The molecular weight excluding hydrogens is 222 g/mol. The third-order valence-corrected chi connectivity index (χ3v) is 2.95. The minimum atomic E-state index is 0.821. The molecule has 84 valence electrons. The molecule has 0 aliphatic carbocycles. The molecule has 0 unspecified atom stereocenters. The summed E-state index contributed by atoms with van der Waals surface area (Å²) in [7, 11) is 1.93. The Morgan fingerprint density at radius 3 is 2.88 bits per heavy atom. The lowest BCUT2D eigenvalue weighted by atomic mass is 10.3. The zero-order valence-electron chi connectivity index (χ0n) is 9.00. The second-order valence-electron chi connectivity index (χ2n) is 3.16. The fourth-order valence-corrected chi connectivity index (χ4v) is 2.09. The van der Waals surface area contributed by atoms with Gasteiger partial charge in [0.25, 0.3) is 0 Å². The minimum Gasteiger partial charge on any atom is -0.319 e. The van der Waals surface area contributed by atoms with Gasteiger partial charge in [0.1, 0.15) is 0 Å². The average molecular weight is 235 g/mol. The third-order valence-electron chi connectivity index (χ3n) is 2.02. The molecule has 1 N–H and O–H groups in total. The molecule has 2 rings (SSSR count). The zero-order valence-corrected chi connectivity index (χ0v) is 9.81. The highest BCUT2D eigenvalue weighted by Crippen LogP contribution is 2.16. The summed E-state index contributed by atoms with van der Waals surface area (Å²) < 4.78 is 1.75. The van der Waals surface area contributed by atoms with E-state index in [1.807, 2.05) is 37.4 Å². The molecule has 2 aromatic rings. The van der Waals surface area contributed by atoms with Gasteiger partial charge in [0.05, 0.1) is 5.69 Å². The van der Waals surface area contributed by atoms with Crippen molar-refractivity contribution in [1.82, 2.24) is 25.5 Å². The molecule has 0 saturated carbocycles. The van der Waals surface area contributed by atoms with Crippen molar-refractivity contribution in [1.29, 1.82) is 0 Å². The summed E-state index contributed by atoms with van der Waals surface area (Å²) in [5, 5.41) is 15.6. The predicted molar refractivity (Wildman–Crippen MR) is 63.8 cm³/mol. The number of aromatic nitrogens is 4. The Morgan fingerprint density at radius 1 is 1.31 bits per heavy atom. The molecule has 1 heterocycles. The van der Waals surface area contributed by atoms with Gasteiger partial charge in [-0.1, -0.05) is 30.0 Å². The molecule has 0 fully saturated rings. The SMILES string of the molecule is CNCCSc1nnnn1-c1ccccc1. The summed E-state index contributed by atoms with van der Waals surface area (Å²) in [4.78, 5) is 0. The quantitative estimate of drug-likeness (QED) is 0.618. The van der Waals surface area contributed by atoms with Crippen LogP contribution >= 0.6 is 11.8 Å². The van der Waals surface area contributed by atoms with Gasteiger partial charge in [-0.15, -0.1) is 5.10 Å². The first-order valence-corrected chi connectivity index (χ1v) is 6.01. The van der Waals surface area contributed by atoms with E-state index in [0.717, 1.165) is 23.1 Å². The van der Waals surface area contributed by atoms with E-state index >= 15 is 0 Å². The highest BCUT2D eigenvalue weighted by Gasteiger charge is 2.07. The van der Waals surface area contributed by atoms with Crippen LogP contribution in [0.5, 0.6) is 0 Å². The Kier molecular flexibility index (Phi) is 3.90. The topological polar surface area (TPSA) is 55.6 Å². The van der Waals surface area contributed by atoms with Crippen molar-refractivity contribution in [2.24, 2.45) is 0 Å². The molecule has 1 aromatic carbocycles. The first-order valence-electron chi connectivity index (χ1n) is 5.03. The normalized spacial score (nSPS) is 10.6. The van der Waals surface area contributed by atoms with Crippen LogP contribution in [0.4, 0.5) is 0 Å². The van der Waals surface area contributed by atoms with E-state index in [1.54, 1.807) is 16.4 Å². The van der Waals surface area contributed by atoms with Crippen molar-refractivity contribution in [2.75, 3.05) is 19.3 Å². The number of para-hydroxylation sites is 1. The lowest BCUT2D eigenvalue weighted by molar-refractivity contribution is 0.755. The van der Waals surface area contributed by atoms with Gasteiger partial charge in [-0.3, -0.25) is 0 Å². The van der Waals surface area contributed by atoms with Crippen molar-refractivity contribution >= 4 is 11.8 Å². The van der Waals surface area contributed by atoms with Crippen LogP contribution in [0.1, 0.15) is 0 Å². The van der Waals surface area contributed by atoms with Gasteiger partial charge in [0.2, 0.25) is 5.16 Å². The molecule has 1 aromatic heterocycles. The summed E-state index contributed by atoms with van der Waals surface area (Å²) in [6.45, 7) is 0.937. The number of hydrogen-bond donors (Lipinski definition) is 1. The molecule has 6 heteroatoms. The molecule has 16 heavy (non-hydrogen) atoms. The summed E-state index contributed by atoms with van der Waals surface area (Å²) in [6.07, 6.45) is 0. The van der Waals surface area contributed by atoms with Gasteiger partial charge in [0.15, 0.2) is 0 Å². The van der Waals surface area contributed by atoms with E-state index in [9.17, 15) is 0 Å². The summed E-state index contributed by atoms with van der Waals surface area (Å²) >= 11 is 1.64. The van der Waals surface area contributed by atoms with E-state index in [1.165, 1.54) is 0 Å². The van der Waals surface area contributed by atoms with Crippen molar-refractivity contribution in [3.05, 3.63) is 30.3 Å². The highest BCUT2D eigenvalue weighted by atomic mass is 32.2. The minimum absolute atomic E-state index is 0.821. The number of tetrazole rings is 1. The molecule has 0 amide bonds. The van der Waals surface area contributed by atoms with E-state index in [0.29, 0.717) is 0 Å². The first-order chi connectivity index (χ1) is 7.92. The maximum absolute atomic E-state index is 4.00. The Hall–Kier alpha value is -1.40. The van der Waals surface area contributed by atoms with E-state index < -0.39 is 0 Å². The van der Waals surface area contributed by atoms with Gasteiger partial charge in [-0.2, -0.15) is 4.68 Å². The Bertz CT molecular complexity index is 428. The fraction of sp³-hybridized carbons (Fsp3) is 0.300. The highest BCUT2D eigenvalue weighted by molar-refractivity contribution is 7.99. The van der Waals surface area contributed by atoms with E-state index in [-0.39, 0.29) is 0 Å². The van der Waals surface area contributed by atoms with Crippen molar-refractivity contribution in [3.8, 4) is 5.69 Å². The summed E-state index contributed by atoms with van der Waals surface area (Å²) in [5.41, 5.74) is 0.986. The zero-order chi connectivity index (χ0) is 11.2. The van der Waals surface area contributed by atoms with Gasteiger partial charge < -0.3 is 5.32 Å². The number of benzene rings is 1. The fourth-order valence-electron chi connectivity index (χ4n) is 1.24. The van der Waals surface area contributed by atoms with Crippen LogP contribution in [0, 0.1) is 0 Å². The van der Waals surface area contributed by atoms with Crippen molar-refractivity contribution in [2.45, 2.75) is 5.16 Å². The van der Waals surface area contributed by atoms with Gasteiger partial charge in [0, 0.05) is 12.3 Å². The van der Waals surface area contributed by atoms with Gasteiger partial charge in [-0.25, -0.2) is 0 Å². The monoisotopic (exact) mass is 235 g/mol. The number of nitrogens with zero attached hydrogens (tertiary/aromatic N) is 4. The summed E-state index contributed by atoms with van der Waals surface area (Å²) in [5.74, 6) is 0.948. The second-order valence-corrected chi connectivity index (χ2v) is 4.22. The Morgan fingerprint density at radius 2 is 2.12 bits per heavy atom. The lowest BCUT2D eigenvalue weighted by Gasteiger charge is -2.03. The molecule has 0 spiro atoms. The number of thioether (sulfide) groups is 1. The Balaban J connectivity index is 2.13. The van der Waals surface area contributed by atoms with Crippen molar-refractivity contribution in [3.63, 3.8) is 0 Å².